The zero-order chi connectivity index (χ0) is 13.3. The molecule has 4 N–H and O–H groups in total. The molecular formula is C14H34N4. The summed E-state index contributed by atoms with van der Waals surface area (Å²) in [5, 5.41) is 13.7. The van der Waals surface area contributed by atoms with Crippen LogP contribution < -0.4 is 21.3 Å². The second kappa shape index (κ2) is 16.8. The molecule has 4 heteroatoms. The Bertz CT molecular complexity index is 126. The molecule has 0 aliphatic heterocycles. The minimum Gasteiger partial charge on any atom is -0.317 e. The van der Waals surface area contributed by atoms with Gasteiger partial charge >= 0.3 is 0 Å². The van der Waals surface area contributed by atoms with Gasteiger partial charge in [-0.05, 0) is 78.0 Å². The third-order valence-electron chi connectivity index (χ3n) is 2.80. The molecule has 0 aromatic rings. The lowest BCUT2D eigenvalue weighted by molar-refractivity contribution is 0.553. The normalized spacial score (nSPS) is 11.0. The molecule has 0 bridgehead atoms. The van der Waals surface area contributed by atoms with Gasteiger partial charge in [0.1, 0.15) is 0 Å². The quantitative estimate of drug-likeness (QED) is 0.330. The Balaban J connectivity index is 2.86. The number of hydrogen-bond donors (Lipinski definition) is 4. The average molecular weight is 258 g/mol. The Morgan fingerprint density at radius 3 is 1.28 bits per heavy atom. The summed E-state index contributed by atoms with van der Waals surface area (Å²) in [5.74, 6) is 0. The maximum atomic E-state index is 3.48. The molecule has 0 aliphatic carbocycles. The molecule has 0 fully saturated rings. The first-order valence-electron chi connectivity index (χ1n) is 7.74. The van der Waals surface area contributed by atoms with Crippen molar-refractivity contribution in [3.05, 3.63) is 0 Å². The molecule has 18 heavy (non-hydrogen) atoms. The van der Waals surface area contributed by atoms with Crippen molar-refractivity contribution >= 4 is 0 Å². The minimum atomic E-state index is 1.08. The first kappa shape index (κ1) is 17.8. The Kier molecular flexibility index (Phi) is 16.7. The maximum Gasteiger partial charge on any atom is -0.00368 e. The molecule has 0 aromatic carbocycles. The Hall–Kier alpha value is -0.160. The number of hydrogen-bond acceptors (Lipinski definition) is 4. The third-order valence-corrected chi connectivity index (χ3v) is 2.80. The summed E-state index contributed by atoms with van der Waals surface area (Å²) in [4.78, 5) is 0. The Labute approximate surface area is 114 Å². The lowest BCUT2D eigenvalue weighted by Gasteiger charge is -2.07. The summed E-state index contributed by atoms with van der Waals surface area (Å²) < 4.78 is 0. The van der Waals surface area contributed by atoms with E-state index in [0.717, 1.165) is 52.4 Å². The Morgan fingerprint density at radius 1 is 0.500 bits per heavy atom. The fourth-order valence-electron chi connectivity index (χ4n) is 1.74. The molecule has 0 radical (unpaired) electrons. The summed E-state index contributed by atoms with van der Waals surface area (Å²) in [7, 11) is 0. The molecule has 0 saturated carbocycles. The van der Waals surface area contributed by atoms with E-state index in [1.54, 1.807) is 0 Å². The van der Waals surface area contributed by atoms with E-state index in [1.807, 2.05) is 0 Å². The van der Waals surface area contributed by atoms with Crippen LogP contribution in [0.15, 0.2) is 0 Å². The second-order valence-corrected chi connectivity index (χ2v) is 4.66. The summed E-state index contributed by atoms with van der Waals surface area (Å²) in [6.45, 7) is 13.4. The van der Waals surface area contributed by atoms with E-state index < -0.39 is 0 Å². The van der Waals surface area contributed by atoms with Crippen molar-refractivity contribution in [3.63, 3.8) is 0 Å². The Morgan fingerprint density at radius 2 is 0.889 bits per heavy atom. The maximum absolute atomic E-state index is 3.48. The van der Waals surface area contributed by atoms with Gasteiger partial charge < -0.3 is 21.3 Å². The predicted octanol–water partition coefficient (Wildman–Crippen LogP) is 0.945. The number of nitrogens with one attached hydrogen (secondary N) is 4. The summed E-state index contributed by atoms with van der Waals surface area (Å²) in [6.07, 6.45) is 4.91. The molecule has 0 spiro atoms. The molecule has 4 nitrogen and oxygen atoms in total. The first-order valence-corrected chi connectivity index (χ1v) is 7.74. The zero-order valence-electron chi connectivity index (χ0n) is 12.5. The van der Waals surface area contributed by atoms with Crippen LogP contribution in [-0.2, 0) is 0 Å². The van der Waals surface area contributed by atoms with Gasteiger partial charge in [0.25, 0.3) is 0 Å². The van der Waals surface area contributed by atoms with Gasteiger partial charge in [-0.1, -0.05) is 13.8 Å². The highest BCUT2D eigenvalue weighted by atomic mass is 14.9. The van der Waals surface area contributed by atoms with E-state index >= 15 is 0 Å². The minimum absolute atomic E-state index is 1.08. The first-order chi connectivity index (χ1) is 8.91. The van der Waals surface area contributed by atoms with Crippen molar-refractivity contribution in [1.29, 1.82) is 0 Å². The smallest absolute Gasteiger partial charge is 0.00368 e. The van der Waals surface area contributed by atoms with E-state index in [4.69, 9.17) is 0 Å². The van der Waals surface area contributed by atoms with Crippen molar-refractivity contribution < 1.29 is 0 Å². The molecule has 0 rings (SSSR count). The molecule has 0 heterocycles. The zero-order valence-corrected chi connectivity index (χ0v) is 12.5. The standard InChI is InChI=1S/C14H34N4/c1-3-8-16-10-6-12-18-14-7-13-17-11-5-9-15-4-2/h15-18H,3-14H2,1-2H3. The van der Waals surface area contributed by atoms with Crippen LogP contribution in [0.1, 0.15) is 39.5 Å². The highest BCUT2D eigenvalue weighted by molar-refractivity contribution is 4.55. The van der Waals surface area contributed by atoms with Crippen LogP contribution in [0.4, 0.5) is 0 Å². The molecule has 0 saturated heterocycles. The fraction of sp³-hybridized carbons (Fsp3) is 1.00. The highest BCUT2D eigenvalue weighted by Gasteiger charge is 1.90. The molecular weight excluding hydrogens is 224 g/mol. The van der Waals surface area contributed by atoms with Crippen LogP contribution >= 0.6 is 0 Å². The van der Waals surface area contributed by atoms with Crippen molar-refractivity contribution in [3.8, 4) is 0 Å². The summed E-state index contributed by atoms with van der Waals surface area (Å²) >= 11 is 0. The third kappa shape index (κ3) is 15.8. The van der Waals surface area contributed by atoms with Gasteiger partial charge in [-0.25, -0.2) is 0 Å². The van der Waals surface area contributed by atoms with Crippen LogP contribution in [-0.4, -0.2) is 52.4 Å². The SMILES string of the molecule is CCCNCCCNCCCNCCCNCC. The lowest BCUT2D eigenvalue weighted by Crippen LogP contribution is -2.26. The van der Waals surface area contributed by atoms with E-state index in [-0.39, 0.29) is 0 Å². The van der Waals surface area contributed by atoms with Crippen molar-refractivity contribution in [1.82, 2.24) is 21.3 Å². The molecule has 0 aliphatic rings. The summed E-state index contributed by atoms with van der Waals surface area (Å²) in [6, 6.07) is 0. The van der Waals surface area contributed by atoms with Gasteiger partial charge in [-0.15, -0.1) is 0 Å². The molecule has 0 aromatic heterocycles. The topological polar surface area (TPSA) is 48.1 Å². The average Bonchev–Trinajstić information content (AvgIpc) is 2.39. The van der Waals surface area contributed by atoms with E-state index in [2.05, 4.69) is 35.1 Å². The highest BCUT2D eigenvalue weighted by Crippen LogP contribution is 1.79. The molecule has 110 valence electrons. The van der Waals surface area contributed by atoms with Gasteiger partial charge in [-0.3, -0.25) is 0 Å². The van der Waals surface area contributed by atoms with Crippen LogP contribution in [0.5, 0.6) is 0 Å². The number of rotatable bonds is 15. The summed E-state index contributed by atoms with van der Waals surface area (Å²) in [5.41, 5.74) is 0. The van der Waals surface area contributed by atoms with E-state index in [9.17, 15) is 0 Å². The van der Waals surface area contributed by atoms with Crippen LogP contribution in [0.25, 0.3) is 0 Å². The second-order valence-electron chi connectivity index (χ2n) is 4.66. The van der Waals surface area contributed by atoms with Gasteiger partial charge in [0.05, 0.1) is 0 Å². The van der Waals surface area contributed by atoms with Gasteiger partial charge in [0.15, 0.2) is 0 Å². The lowest BCUT2D eigenvalue weighted by atomic mass is 10.3. The van der Waals surface area contributed by atoms with Crippen LogP contribution in [0.2, 0.25) is 0 Å². The monoisotopic (exact) mass is 258 g/mol. The van der Waals surface area contributed by atoms with Gasteiger partial charge in [0.2, 0.25) is 0 Å². The molecule has 0 amide bonds. The fourth-order valence-corrected chi connectivity index (χ4v) is 1.74. The van der Waals surface area contributed by atoms with Gasteiger partial charge in [0, 0.05) is 0 Å². The largest absolute Gasteiger partial charge is 0.317 e. The van der Waals surface area contributed by atoms with E-state index in [0.29, 0.717) is 0 Å². The van der Waals surface area contributed by atoms with Crippen molar-refractivity contribution in [2.24, 2.45) is 0 Å². The molecule has 0 unspecified atom stereocenters. The van der Waals surface area contributed by atoms with Crippen molar-refractivity contribution in [2.75, 3.05) is 52.4 Å². The van der Waals surface area contributed by atoms with Crippen LogP contribution in [0.3, 0.4) is 0 Å². The molecule has 0 atom stereocenters. The van der Waals surface area contributed by atoms with E-state index in [1.165, 1.54) is 25.7 Å². The van der Waals surface area contributed by atoms with Gasteiger partial charge in [-0.2, -0.15) is 0 Å². The van der Waals surface area contributed by atoms with Crippen molar-refractivity contribution in [2.45, 2.75) is 39.5 Å². The van der Waals surface area contributed by atoms with Crippen LogP contribution in [0, 0.1) is 0 Å². The predicted molar refractivity (Wildman–Crippen MR) is 81.3 cm³/mol.